The highest BCUT2D eigenvalue weighted by molar-refractivity contribution is 7.89. The Hall–Kier alpha value is -0.330. The maximum absolute atomic E-state index is 11.8. The van der Waals surface area contributed by atoms with E-state index < -0.39 is 16.1 Å². The molecule has 0 heterocycles. The molecule has 17 heavy (non-hydrogen) atoms. The van der Waals surface area contributed by atoms with Gasteiger partial charge in [0.05, 0.1) is 11.0 Å². The zero-order chi connectivity index (χ0) is 13.1. The molecule has 1 unspecified atom stereocenters. The smallest absolute Gasteiger partial charge is 0.240 e. The van der Waals surface area contributed by atoms with Crippen LogP contribution in [0.5, 0.6) is 0 Å². The van der Waals surface area contributed by atoms with E-state index in [1.165, 1.54) is 18.2 Å². The first kappa shape index (κ1) is 14.7. The third kappa shape index (κ3) is 4.44. The predicted octanol–water partition coefficient (Wildman–Crippen LogP) is 2.04. The molecule has 7 heteroatoms. The van der Waals surface area contributed by atoms with Crippen molar-refractivity contribution in [2.45, 2.75) is 24.3 Å². The first-order valence-electron chi connectivity index (χ1n) is 4.99. The van der Waals surface area contributed by atoms with E-state index in [0.717, 1.165) is 0 Å². The third-order valence-corrected chi connectivity index (χ3v) is 3.97. The molecular weight excluding hydrogens is 285 g/mol. The summed E-state index contributed by atoms with van der Waals surface area (Å²) >= 11 is 11.4. The molecule has 0 saturated heterocycles. The summed E-state index contributed by atoms with van der Waals surface area (Å²) in [6.45, 7) is 1.72. The van der Waals surface area contributed by atoms with Gasteiger partial charge in [0.25, 0.3) is 0 Å². The highest BCUT2D eigenvalue weighted by atomic mass is 35.5. The minimum atomic E-state index is -3.69. The van der Waals surface area contributed by atoms with Crippen molar-refractivity contribution in [3.63, 3.8) is 0 Å². The van der Waals surface area contributed by atoms with Crippen molar-refractivity contribution in [3.05, 3.63) is 28.2 Å². The molecule has 1 aromatic rings. The lowest BCUT2D eigenvalue weighted by Crippen LogP contribution is -2.31. The first-order chi connectivity index (χ1) is 7.85. The van der Waals surface area contributed by atoms with Crippen LogP contribution in [0.1, 0.15) is 13.3 Å². The Kier molecular flexibility index (Phi) is 5.22. The van der Waals surface area contributed by atoms with E-state index in [9.17, 15) is 13.5 Å². The Balaban J connectivity index is 2.89. The van der Waals surface area contributed by atoms with E-state index in [-0.39, 0.29) is 21.5 Å². The van der Waals surface area contributed by atoms with Crippen LogP contribution in [0.4, 0.5) is 0 Å². The Labute approximate surface area is 111 Å². The molecule has 0 bridgehead atoms. The number of aliphatic hydroxyl groups excluding tert-OH is 1. The van der Waals surface area contributed by atoms with Crippen molar-refractivity contribution in [2.24, 2.45) is 0 Å². The zero-order valence-electron chi connectivity index (χ0n) is 9.15. The second-order valence-electron chi connectivity index (χ2n) is 3.52. The summed E-state index contributed by atoms with van der Waals surface area (Å²) in [7, 11) is -3.69. The van der Waals surface area contributed by atoms with Gasteiger partial charge in [0.2, 0.25) is 10.0 Å². The van der Waals surface area contributed by atoms with Gasteiger partial charge >= 0.3 is 0 Å². The second-order valence-corrected chi connectivity index (χ2v) is 6.16. The molecule has 0 aliphatic heterocycles. The number of nitrogens with one attached hydrogen (secondary N) is 1. The molecule has 0 amide bonds. The Morgan fingerprint density at radius 3 is 2.29 bits per heavy atom. The lowest BCUT2D eigenvalue weighted by atomic mass is 10.3. The SMILES string of the molecule is CCC(O)CNS(=O)(=O)c1cc(Cl)cc(Cl)c1. The van der Waals surface area contributed by atoms with Crippen molar-refractivity contribution in [3.8, 4) is 0 Å². The average molecular weight is 298 g/mol. The van der Waals surface area contributed by atoms with Crippen molar-refractivity contribution >= 4 is 33.2 Å². The summed E-state index contributed by atoms with van der Waals surface area (Å²) in [4.78, 5) is -0.0155. The van der Waals surface area contributed by atoms with Gasteiger partial charge in [0.15, 0.2) is 0 Å². The number of hydrogen-bond donors (Lipinski definition) is 2. The van der Waals surface area contributed by atoms with Crippen LogP contribution >= 0.6 is 23.2 Å². The maximum atomic E-state index is 11.8. The molecule has 1 rings (SSSR count). The largest absolute Gasteiger partial charge is 0.392 e. The molecule has 96 valence electrons. The van der Waals surface area contributed by atoms with Crippen molar-refractivity contribution < 1.29 is 13.5 Å². The van der Waals surface area contributed by atoms with E-state index in [1.54, 1.807) is 6.92 Å². The summed E-state index contributed by atoms with van der Waals surface area (Å²) in [5.41, 5.74) is 0. The lowest BCUT2D eigenvalue weighted by Gasteiger charge is -2.10. The monoisotopic (exact) mass is 297 g/mol. The standard InChI is InChI=1S/C10H13Cl2NO3S/c1-2-9(14)6-13-17(15,16)10-4-7(11)3-8(12)5-10/h3-5,9,13-14H,2,6H2,1H3. The molecular formula is C10H13Cl2NO3S. The van der Waals surface area contributed by atoms with Crippen LogP contribution in [0.25, 0.3) is 0 Å². The van der Waals surface area contributed by atoms with Crippen LogP contribution in [0.15, 0.2) is 23.1 Å². The molecule has 4 nitrogen and oxygen atoms in total. The zero-order valence-corrected chi connectivity index (χ0v) is 11.5. The normalized spacial score (nSPS) is 13.6. The number of hydrogen-bond acceptors (Lipinski definition) is 3. The van der Waals surface area contributed by atoms with Crippen LogP contribution in [-0.2, 0) is 10.0 Å². The topological polar surface area (TPSA) is 66.4 Å². The lowest BCUT2D eigenvalue weighted by molar-refractivity contribution is 0.174. The Morgan fingerprint density at radius 1 is 1.29 bits per heavy atom. The molecule has 0 spiro atoms. The highest BCUT2D eigenvalue weighted by Crippen LogP contribution is 2.22. The third-order valence-electron chi connectivity index (χ3n) is 2.13. The minimum absolute atomic E-state index is 0.0155. The molecule has 1 atom stereocenters. The summed E-state index contributed by atoms with van der Waals surface area (Å²) in [5, 5.41) is 9.79. The molecule has 0 aromatic heterocycles. The fourth-order valence-corrected chi connectivity index (χ4v) is 2.92. The van der Waals surface area contributed by atoms with Gasteiger partial charge in [-0.15, -0.1) is 0 Å². The van der Waals surface area contributed by atoms with E-state index in [1.807, 2.05) is 0 Å². The van der Waals surface area contributed by atoms with Gasteiger partial charge in [0, 0.05) is 16.6 Å². The number of aliphatic hydroxyl groups is 1. The molecule has 0 saturated carbocycles. The van der Waals surface area contributed by atoms with Crippen LogP contribution in [0.3, 0.4) is 0 Å². The van der Waals surface area contributed by atoms with Crippen molar-refractivity contribution in [1.82, 2.24) is 4.72 Å². The quantitative estimate of drug-likeness (QED) is 0.874. The highest BCUT2D eigenvalue weighted by Gasteiger charge is 2.16. The summed E-state index contributed by atoms with van der Waals surface area (Å²) in [6.07, 6.45) is -0.238. The first-order valence-corrected chi connectivity index (χ1v) is 7.23. The summed E-state index contributed by atoms with van der Waals surface area (Å²) < 4.78 is 25.9. The maximum Gasteiger partial charge on any atom is 0.240 e. The van der Waals surface area contributed by atoms with Crippen molar-refractivity contribution in [2.75, 3.05) is 6.54 Å². The van der Waals surface area contributed by atoms with Gasteiger partial charge in [-0.05, 0) is 24.6 Å². The van der Waals surface area contributed by atoms with E-state index in [4.69, 9.17) is 23.2 Å². The van der Waals surface area contributed by atoms with Gasteiger partial charge in [0.1, 0.15) is 0 Å². The van der Waals surface area contributed by atoms with Gasteiger partial charge in [-0.2, -0.15) is 0 Å². The number of halogens is 2. The summed E-state index contributed by atoms with van der Waals surface area (Å²) in [6, 6.07) is 4.05. The van der Waals surface area contributed by atoms with Crippen LogP contribution in [0, 0.1) is 0 Å². The molecule has 0 radical (unpaired) electrons. The fourth-order valence-electron chi connectivity index (χ4n) is 1.12. The minimum Gasteiger partial charge on any atom is -0.392 e. The molecule has 1 aromatic carbocycles. The number of benzene rings is 1. The van der Waals surface area contributed by atoms with Crippen LogP contribution in [0.2, 0.25) is 10.0 Å². The molecule has 0 aliphatic rings. The number of rotatable bonds is 5. The number of sulfonamides is 1. The van der Waals surface area contributed by atoms with Gasteiger partial charge in [-0.25, -0.2) is 13.1 Å². The van der Waals surface area contributed by atoms with Crippen molar-refractivity contribution in [1.29, 1.82) is 0 Å². The summed E-state index contributed by atoms with van der Waals surface area (Å²) in [5.74, 6) is 0. The van der Waals surface area contributed by atoms with Gasteiger partial charge < -0.3 is 5.11 Å². The fraction of sp³-hybridized carbons (Fsp3) is 0.400. The van der Waals surface area contributed by atoms with Gasteiger partial charge in [-0.1, -0.05) is 30.1 Å². The predicted molar refractivity (Wildman–Crippen MR) is 67.9 cm³/mol. The Morgan fingerprint density at radius 2 is 1.82 bits per heavy atom. The van der Waals surface area contributed by atoms with Crippen LogP contribution in [-0.4, -0.2) is 26.2 Å². The van der Waals surface area contributed by atoms with E-state index in [0.29, 0.717) is 6.42 Å². The molecule has 2 N–H and O–H groups in total. The van der Waals surface area contributed by atoms with E-state index in [2.05, 4.69) is 4.72 Å². The average Bonchev–Trinajstić information content (AvgIpc) is 2.24. The second kappa shape index (κ2) is 6.02. The molecule has 0 fully saturated rings. The van der Waals surface area contributed by atoms with E-state index >= 15 is 0 Å². The van der Waals surface area contributed by atoms with Crippen LogP contribution < -0.4 is 4.72 Å². The Bertz CT molecular complexity index is 470. The molecule has 0 aliphatic carbocycles. The van der Waals surface area contributed by atoms with Gasteiger partial charge in [-0.3, -0.25) is 0 Å².